The van der Waals surface area contributed by atoms with Gasteiger partial charge in [-0.1, -0.05) is 6.07 Å². The van der Waals surface area contributed by atoms with Gasteiger partial charge in [-0.05, 0) is 24.1 Å². The van der Waals surface area contributed by atoms with Gasteiger partial charge in [0.1, 0.15) is 11.6 Å². The minimum atomic E-state index is -0.252. The number of halogens is 1. The lowest BCUT2D eigenvalue weighted by Gasteiger charge is -2.28. The normalized spacial score (nSPS) is 18.5. The van der Waals surface area contributed by atoms with E-state index in [1.165, 1.54) is 0 Å². The zero-order chi connectivity index (χ0) is 24.5. The predicted octanol–water partition coefficient (Wildman–Crippen LogP) is 2.02. The Morgan fingerprint density at radius 2 is 1.64 bits per heavy atom. The average molecular weight is 493 g/mol. The van der Waals surface area contributed by atoms with Gasteiger partial charge in [0.25, 0.3) is 0 Å². The smallest absolute Gasteiger partial charge is 0.228 e. The van der Waals surface area contributed by atoms with E-state index >= 15 is 4.39 Å². The topological polar surface area (TPSA) is 106 Å². The van der Waals surface area contributed by atoms with Crippen LogP contribution in [0.1, 0.15) is 11.1 Å². The molecule has 0 atom stereocenters. The highest BCUT2D eigenvalue weighted by atomic mass is 19.1. The molecule has 36 heavy (non-hydrogen) atoms. The molecule has 3 aliphatic rings. The van der Waals surface area contributed by atoms with Crippen LogP contribution in [0.2, 0.25) is 0 Å². The molecule has 0 amide bonds. The minimum Gasteiger partial charge on any atom is -0.379 e. The zero-order valence-corrected chi connectivity index (χ0v) is 20.1. The molecule has 5 heterocycles. The van der Waals surface area contributed by atoms with E-state index in [-0.39, 0.29) is 11.8 Å². The molecule has 0 bridgehead atoms. The third-order valence-electron chi connectivity index (χ3n) is 6.87. The minimum absolute atomic E-state index is 0.207. The van der Waals surface area contributed by atoms with E-state index in [1.54, 1.807) is 18.5 Å². The second-order valence-corrected chi connectivity index (χ2v) is 9.18. The van der Waals surface area contributed by atoms with Crippen molar-refractivity contribution in [3.05, 3.63) is 47.5 Å². The summed E-state index contributed by atoms with van der Waals surface area (Å²) in [6.07, 6.45) is 4.04. The molecule has 2 saturated heterocycles. The van der Waals surface area contributed by atoms with Gasteiger partial charge in [-0.15, -0.1) is 0 Å². The van der Waals surface area contributed by atoms with E-state index in [0.717, 1.165) is 54.5 Å². The summed E-state index contributed by atoms with van der Waals surface area (Å²) in [7, 11) is 0. The van der Waals surface area contributed by atoms with Crippen LogP contribution in [0.5, 0.6) is 0 Å². The summed E-state index contributed by atoms with van der Waals surface area (Å²) in [5.74, 6) is 1.27. The van der Waals surface area contributed by atoms with Crippen LogP contribution < -0.4 is 15.5 Å². The largest absolute Gasteiger partial charge is 0.379 e. The maximum Gasteiger partial charge on any atom is 0.228 e. The number of benzene rings is 1. The molecule has 0 spiro atoms. The fourth-order valence-electron chi connectivity index (χ4n) is 4.97. The molecule has 3 aliphatic heterocycles. The molecule has 0 radical (unpaired) electrons. The van der Waals surface area contributed by atoms with Gasteiger partial charge in [-0.25, -0.2) is 19.3 Å². The second kappa shape index (κ2) is 9.92. The van der Waals surface area contributed by atoms with Crippen LogP contribution in [0.3, 0.4) is 0 Å². The molecule has 188 valence electrons. The fraction of sp³-hybridized carbons (Fsp3) is 0.440. The van der Waals surface area contributed by atoms with E-state index < -0.39 is 0 Å². The first kappa shape index (κ1) is 23.0. The number of anilines is 4. The Kier molecular flexibility index (Phi) is 6.34. The first-order valence-electron chi connectivity index (χ1n) is 12.3. The summed E-state index contributed by atoms with van der Waals surface area (Å²) in [6, 6.07) is 5.51. The van der Waals surface area contributed by atoms with Crippen LogP contribution >= 0.6 is 0 Å². The Morgan fingerprint density at radius 1 is 0.917 bits per heavy atom. The molecule has 0 unspecified atom stereocenters. The van der Waals surface area contributed by atoms with Gasteiger partial charge in [0.15, 0.2) is 0 Å². The molecule has 10 nitrogen and oxygen atoms in total. The molecule has 6 rings (SSSR count). The number of rotatable bonds is 5. The molecule has 2 N–H and O–H groups in total. The van der Waals surface area contributed by atoms with Crippen molar-refractivity contribution in [2.75, 3.05) is 74.7 Å². The van der Waals surface area contributed by atoms with Crippen molar-refractivity contribution < 1.29 is 13.9 Å². The van der Waals surface area contributed by atoms with Crippen LogP contribution in [0.25, 0.3) is 11.3 Å². The number of hydrogen-bond acceptors (Lipinski definition) is 10. The molecule has 1 aromatic carbocycles. The lowest BCUT2D eigenvalue weighted by Crippen LogP contribution is -2.37. The SMILES string of the molecule is Nc1ncc(-c2nc(N3CCOCC3)nc3c2CCN3c2ccc(CN3CCOCC3)cc2F)cn1. The maximum atomic E-state index is 15.5. The van der Waals surface area contributed by atoms with Crippen molar-refractivity contribution in [2.45, 2.75) is 13.0 Å². The number of ether oxygens (including phenoxy) is 2. The Labute approximate surface area is 208 Å². The van der Waals surface area contributed by atoms with Crippen LogP contribution in [-0.4, -0.2) is 84.0 Å². The van der Waals surface area contributed by atoms with Gasteiger partial charge in [-0.2, -0.15) is 4.98 Å². The van der Waals surface area contributed by atoms with Crippen molar-refractivity contribution in [2.24, 2.45) is 0 Å². The van der Waals surface area contributed by atoms with Crippen LogP contribution in [0.4, 0.5) is 27.8 Å². The summed E-state index contributed by atoms with van der Waals surface area (Å²) >= 11 is 0. The van der Waals surface area contributed by atoms with Gasteiger partial charge in [0.05, 0.1) is 37.8 Å². The number of hydrogen-bond donors (Lipinski definition) is 1. The van der Waals surface area contributed by atoms with Crippen molar-refractivity contribution in [3.63, 3.8) is 0 Å². The Balaban J connectivity index is 1.36. The van der Waals surface area contributed by atoms with Gasteiger partial charge >= 0.3 is 0 Å². The summed E-state index contributed by atoms with van der Waals surface area (Å²) in [5, 5.41) is 0. The van der Waals surface area contributed by atoms with Crippen LogP contribution in [-0.2, 0) is 22.4 Å². The molecule has 2 aromatic heterocycles. The van der Waals surface area contributed by atoms with E-state index in [2.05, 4.69) is 19.8 Å². The Hall–Kier alpha value is -3.41. The lowest BCUT2D eigenvalue weighted by atomic mass is 10.1. The monoisotopic (exact) mass is 492 g/mol. The highest BCUT2D eigenvalue weighted by Crippen LogP contribution is 2.40. The van der Waals surface area contributed by atoms with Gasteiger partial charge in [0.2, 0.25) is 11.9 Å². The predicted molar refractivity (Wildman–Crippen MR) is 134 cm³/mol. The van der Waals surface area contributed by atoms with E-state index in [4.69, 9.17) is 25.2 Å². The van der Waals surface area contributed by atoms with E-state index in [0.29, 0.717) is 57.4 Å². The molecule has 2 fully saturated rings. The zero-order valence-electron chi connectivity index (χ0n) is 20.1. The summed E-state index contributed by atoms with van der Waals surface area (Å²) in [4.78, 5) is 24.5. The average Bonchev–Trinajstić information content (AvgIpc) is 3.34. The summed E-state index contributed by atoms with van der Waals surface area (Å²) in [5.41, 5.74) is 9.66. The first-order valence-corrected chi connectivity index (χ1v) is 12.3. The third-order valence-corrected chi connectivity index (χ3v) is 6.87. The molecular formula is C25H29FN8O2. The molecule has 3 aromatic rings. The molecular weight excluding hydrogens is 463 g/mol. The Bertz CT molecular complexity index is 1230. The van der Waals surface area contributed by atoms with Crippen molar-refractivity contribution >= 4 is 23.4 Å². The van der Waals surface area contributed by atoms with Crippen LogP contribution in [0, 0.1) is 5.82 Å². The standard InChI is InChI=1S/C25H29FN8O2/c26-20-13-17(16-32-5-9-35-10-6-32)1-2-21(20)34-4-3-19-22(18-14-28-24(27)29-15-18)30-25(31-23(19)34)33-7-11-36-12-8-33/h1-2,13-15H,3-12,16H2,(H2,27,28,29). The highest BCUT2D eigenvalue weighted by Gasteiger charge is 2.30. The van der Waals surface area contributed by atoms with Gasteiger partial charge in [0, 0.05) is 62.8 Å². The molecule has 11 heteroatoms. The summed E-state index contributed by atoms with van der Waals surface area (Å²) in [6.45, 7) is 7.11. The van der Waals surface area contributed by atoms with Crippen molar-refractivity contribution in [1.29, 1.82) is 0 Å². The van der Waals surface area contributed by atoms with Crippen LogP contribution in [0.15, 0.2) is 30.6 Å². The number of fused-ring (bicyclic) bond motifs is 1. The number of nitrogen functional groups attached to an aromatic ring is 1. The van der Waals surface area contributed by atoms with Gasteiger partial charge in [-0.3, -0.25) is 4.90 Å². The lowest BCUT2D eigenvalue weighted by molar-refractivity contribution is 0.0341. The van der Waals surface area contributed by atoms with Crippen molar-refractivity contribution in [3.8, 4) is 11.3 Å². The van der Waals surface area contributed by atoms with E-state index in [1.807, 2.05) is 17.0 Å². The summed E-state index contributed by atoms with van der Waals surface area (Å²) < 4.78 is 26.4. The molecule has 0 aliphatic carbocycles. The number of nitrogens with two attached hydrogens (primary N) is 1. The highest BCUT2D eigenvalue weighted by molar-refractivity contribution is 5.77. The fourth-order valence-corrected chi connectivity index (χ4v) is 4.97. The second-order valence-electron chi connectivity index (χ2n) is 9.18. The first-order chi connectivity index (χ1) is 17.7. The van der Waals surface area contributed by atoms with Gasteiger partial charge < -0.3 is 25.0 Å². The third kappa shape index (κ3) is 4.57. The Morgan fingerprint density at radius 3 is 2.36 bits per heavy atom. The number of nitrogens with zero attached hydrogens (tertiary/aromatic N) is 7. The molecule has 0 saturated carbocycles. The number of aromatic nitrogens is 4. The van der Waals surface area contributed by atoms with Crippen molar-refractivity contribution in [1.82, 2.24) is 24.8 Å². The maximum absolute atomic E-state index is 15.5. The quantitative estimate of drug-likeness (QED) is 0.569. The number of morpholine rings is 2. The van der Waals surface area contributed by atoms with E-state index in [9.17, 15) is 0 Å².